The molecule has 0 aliphatic carbocycles. The summed E-state index contributed by atoms with van der Waals surface area (Å²) in [5.41, 5.74) is 0.201. The third-order valence-electron chi connectivity index (χ3n) is 5.82. The fraction of sp³-hybridized carbons (Fsp3) is 0.619. The number of halogens is 3. The molecule has 2 aliphatic heterocycles. The van der Waals surface area contributed by atoms with Gasteiger partial charge in [-0.25, -0.2) is 0 Å². The van der Waals surface area contributed by atoms with Crippen LogP contribution in [0.3, 0.4) is 0 Å². The maximum Gasteiger partial charge on any atom is 0.416 e. The van der Waals surface area contributed by atoms with Crippen molar-refractivity contribution in [2.24, 2.45) is 5.92 Å². The lowest BCUT2D eigenvalue weighted by Crippen LogP contribution is -2.35. The summed E-state index contributed by atoms with van der Waals surface area (Å²) in [5, 5.41) is 9.69. The number of nitrogens with zero attached hydrogens (tertiary/aromatic N) is 4. The van der Waals surface area contributed by atoms with Crippen molar-refractivity contribution in [3.05, 3.63) is 35.4 Å². The van der Waals surface area contributed by atoms with E-state index < -0.39 is 11.7 Å². The Morgan fingerprint density at radius 3 is 2.47 bits per heavy atom. The molecule has 2 aliphatic rings. The summed E-state index contributed by atoms with van der Waals surface area (Å²) < 4.78 is 46.3. The second-order valence-electron chi connectivity index (χ2n) is 8.18. The molecule has 3 heterocycles. The highest BCUT2D eigenvalue weighted by molar-refractivity contribution is 7.98. The van der Waals surface area contributed by atoms with Gasteiger partial charge in [0.25, 0.3) is 0 Å². The van der Waals surface area contributed by atoms with Crippen LogP contribution in [0.15, 0.2) is 29.4 Å². The second-order valence-corrected chi connectivity index (χ2v) is 9.12. The minimum absolute atomic E-state index is 0.161. The van der Waals surface area contributed by atoms with E-state index in [0.29, 0.717) is 12.3 Å². The molecule has 2 saturated heterocycles. The normalized spacial score (nSPS) is 20.8. The molecule has 0 amide bonds. The topological polar surface area (TPSA) is 43.2 Å². The van der Waals surface area contributed by atoms with Crippen molar-refractivity contribution in [3.63, 3.8) is 0 Å². The Labute approximate surface area is 179 Å². The van der Waals surface area contributed by atoms with Crippen molar-refractivity contribution in [2.45, 2.75) is 62.3 Å². The highest BCUT2D eigenvalue weighted by atomic mass is 32.2. The lowest BCUT2D eigenvalue weighted by atomic mass is 10.00. The first-order valence-corrected chi connectivity index (χ1v) is 11.5. The number of hydrogen-bond donors (Lipinski definition) is 0. The predicted octanol–water partition coefficient (Wildman–Crippen LogP) is 5.00. The van der Waals surface area contributed by atoms with Crippen molar-refractivity contribution in [2.75, 3.05) is 24.6 Å². The molecule has 0 radical (unpaired) electrons. The summed E-state index contributed by atoms with van der Waals surface area (Å²) in [5.74, 6) is 2.15. The number of aromatic nitrogens is 3. The van der Waals surface area contributed by atoms with E-state index in [1.54, 1.807) is 0 Å². The van der Waals surface area contributed by atoms with E-state index in [-0.39, 0.29) is 6.10 Å². The molecule has 5 nitrogen and oxygen atoms in total. The van der Waals surface area contributed by atoms with Gasteiger partial charge >= 0.3 is 6.18 Å². The van der Waals surface area contributed by atoms with E-state index >= 15 is 0 Å². The van der Waals surface area contributed by atoms with Crippen molar-refractivity contribution < 1.29 is 17.9 Å². The van der Waals surface area contributed by atoms with Gasteiger partial charge < -0.3 is 9.64 Å². The van der Waals surface area contributed by atoms with E-state index in [0.717, 1.165) is 80.1 Å². The van der Waals surface area contributed by atoms with E-state index in [2.05, 4.69) is 26.6 Å². The first kappa shape index (κ1) is 21.5. The van der Waals surface area contributed by atoms with Gasteiger partial charge in [0, 0.05) is 25.4 Å². The molecule has 30 heavy (non-hydrogen) atoms. The van der Waals surface area contributed by atoms with Crippen LogP contribution in [0.5, 0.6) is 0 Å². The number of ether oxygens (including phenoxy) is 1. The lowest BCUT2D eigenvalue weighted by molar-refractivity contribution is -0.137. The first-order chi connectivity index (χ1) is 14.4. The van der Waals surface area contributed by atoms with E-state index in [4.69, 9.17) is 4.74 Å². The van der Waals surface area contributed by atoms with Crippen molar-refractivity contribution in [1.29, 1.82) is 0 Å². The molecule has 1 atom stereocenters. The van der Waals surface area contributed by atoms with Crippen molar-refractivity contribution >= 4 is 17.7 Å². The Bertz CT molecular complexity index is 826. The maximum absolute atomic E-state index is 12.8. The molecule has 2 aromatic rings. The van der Waals surface area contributed by atoms with Gasteiger partial charge in [-0.2, -0.15) is 13.2 Å². The van der Waals surface area contributed by atoms with Gasteiger partial charge in [-0.05, 0) is 49.3 Å². The summed E-state index contributed by atoms with van der Waals surface area (Å²) in [6.07, 6.45) is 0.221. The Kier molecular flexibility index (Phi) is 6.57. The van der Waals surface area contributed by atoms with Crippen LogP contribution in [0.25, 0.3) is 0 Å². The van der Waals surface area contributed by atoms with Crippen LogP contribution in [0, 0.1) is 5.92 Å². The molecular formula is C21H27F3N4OS. The summed E-state index contributed by atoms with van der Waals surface area (Å²) >= 11 is 1.51. The summed E-state index contributed by atoms with van der Waals surface area (Å²) in [6, 6.07) is 5.33. The Morgan fingerprint density at radius 1 is 1.10 bits per heavy atom. The van der Waals surface area contributed by atoms with Gasteiger partial charge in [-0.3, -0.25) is 4.57 Å². The number of rotatable bonds is 6. The average Bonchev–Trinajstić information content (AvgIpc) is 3.37. The molecule has 0 N–H and O–H groups in total. The fourth-order valence-electron chi connectivity index (χ4n) is 3.92. The first-order valence-electron chi connectivity index (χ1n) is 10.5. The average molecular weight is 441 g/mol. The number of piperidine rings is 1. The lowest BCUT2D eigenvalue weighted by Gasteiger charge is -2.31. The molecule has 0 saturated carbocycles. The van der Waals surface area contributed by atoms with Crippen LogP contribution in [-0.4, -0.2) is 40.6 Å². The molecule has 0 spiro atoms. The largest absolute Gasteiger partial charge is 0.416 e. The van der Waals surface area contributed by atoms with Crippen LogP contribution in [-0.2, 0) is 23.2 Å². The van der Waals surface area contributed by atoms with Crippen LogP contribution in [0.4, 0.5) is 19.1 Å². The minimum Gasteiger partial charge on any atom is -0.376 e. The van der Waals surface area contributed by atoms with E-state index in [1.165, 1.54) is 23.9 Å². The quantitative estimate of drug-likeness (QED) is 0.591. The molecule has 1 unspecified atom stereocenters. The number of alkyl halides is 3. The number of benzene rings is 1. The smallest absolute Gasteiger partial charge is 0.376 e. The standard InChI is InChI=1S/C21H27F3N4OS/c1-15-8-10-27(11-9-15)19-25-26-20(28(19)13-18-3-2-12-29-18)30-14-16-4-6-17(7-5-16)21(22,23)24/h4-7,15,18H,2-3,8-14H2,1H3. The highest BCUT2D eigenvalue weighted by Gasteiger charge is 2.30. The van der Waals surface area contributed by atoms with Gasteiger partial charge in [-0.15, -0.1) is 10.2 Å². The summed E-state index contributed by atoms with van der Waals surface area (Å²) in [6.45, 7) is 5.71. The fourth-order valence-corrected chi connectivity index (χ4v) is 4.82. The van der Waals surface area contributed by atoms with Gasteiger partial charge in [-0.1, -0.05) is 30.8 Å². The van der Waals surface area contributed by atoms with Crippen LogP contribution in [0.2, 0.25) is 0 Å². The highest BCUT2D eigenvalue weighted by Crippen LogP contribution is 2.32. The Balaban J connectivity index is 1.48. The monoisotopic (exact) mass is 440 g/mol. The minimum atomic E-state index is -4.31. The summed E-state index contributed by atoms with van der Waals surface area (Å²) in [4.78, 5) is 2.30. The van der Waals surface area contributed by atoms with E-state index in [9.17, 15) is 13.2 Å². The van der Waals surface area contributed by atoms with Crippen molar-refractivity contribution in [1.82, 2.24) is 14.8 Å². The van der Waals surface area contributed by atoms with Crippen molar-refractivity contribution in [3.8, 4) is 0 Å². The molecule has 164 valence electrons. The zero-order valence-corrected chi connectivity index (χ0v) is 17.9. The molecule has 1 aromatic carbocycles. The van der Waals surface area contributed by atoms with Crippen LogP contribution in [0.1, 0.15) is 43.7 Å². The predicted molar refractivity (Wildman–Crippen MR) is 111 cm³/mol. The molecule has 1 aromatic heterocycles. The molecule has 0 bridgehead atoms. The SMILES string of the molecule is CC1CCN(c2nnc(SCc3ccc(C(F)(F)F)cc3)n2CC2CCCO2)CC1. The number of anilines is 1. The van der Waals surface area contributed by atoms with E-state index in [1.807, 2.05) is 0 Å². The van der Waals surface area contributed by atoms with Gasteiger partial charge in [0.05, 0.1) is 18.2 Å². The van der Waals surface area contributed by atoms with Gasteiger partial charge in [0.15, 0.2) is 5.16 Å². The zero-order valence-electron chi connectivity index (χ0n) is 17.1. The number of hydrogen-bond acceptors (Lipinski definition) is 5. The van der Waals surface area contributed by atoms with Gasteiger partial charge in [0.2, 0.25) is 5.95 Å². The Morgan fingerprint density at radius 2 is 1.83 bits per heavy atom. The molecule has 2 fully saturated rings. The number of thioether (sulfide) groups is 1. The third kappa shape index (κ3) is 5.11. The van der Waals surface area contributed by atoms with Crippen LogP contribution < -0.4 is 4.90 Å². The summed E-state index contributed by atoms with van der Waals surface area (Å²) in [7, 11) is 0. The molecule has 4 rings (SSSR count). The maximum atomic E-state index is 12.8. The molecule has 9 heteroatoms. The van der Waals surface area contributed by atoms with Crippen LogP contribution >= 0.6 is 11.8 Å². The zero-order chi connectivity index (χ0) is 21.1. The third-order valence-corrected chi connectivity index (χ3v) is 6.86. The second kappa shape index (κ2) is 9.18. The molecular weight excluding hydrogens is 413 g/mol. The Hall–Kier alpha value is -1.74. The van der Waals surface area contributed by atoms with Gasteiger partial charge in [0.1, 0.15) is 0 Å².